The SMILES string of the molecule is Nc1nc(-c2ccccc2OCc2ccccc2Cl)cs1. The zero-order valence-corrected chi connectivity index (χ0v) is 12.7. The fourth-order valence-electron chi connectivity index (χ4n) is 1.99. The van der Waals surface area contributed by atoms with Crippen LogP contribution in [-0.2, 0) is 6.61 Å². The van der Waals surface area contributed by atoms with Crippen LogP contribution in [0.25, 0.3) is 11.3 Å². The number of nitrogens with two attached hydrogens (primary N) is 1. The van der Waals surface area contributed by atoms with E-state index in [-0.39, 0.29) is 0 Å². The standard InChI is InChI=1S/C16H13ClN2OS/c17-13-7-3-1-5-11(13)9-20-15-8-4-2-6-12(15)14-10-21-16(18)19-14/h1-8,10H,9H2,(H2,18,19). The molecule has 0 aliphatic carbocycles. The van der Waals surface area contributed by atoms with E-state index in [0.29, 0.717) is 16.8 Å². The lowest BCUT2D eigenvalue weighted by Crippen LogP contribution is -1.97. The summed E-state index contributed by atoms with van der Waals surface area (Å²) in [4.78, 5) is 4.30. The first-order valence-corrected chi connectivity index (χ1v) is 7.66. The molecule has 106 valence electrons. The van der Waals surface area contributed by atoms with E-state index in [9.17, 15) is 0 Å². The van der Waals surface area contributed by atoms with Gasteiger partial charge in [-0.25, -0.2) is 4.98 Å². The van der Waals surface area contributed by atoms with Crippen LogP contribution < -0.4 is 10.5 Å². The smallest absolute Gasteiger partial charge is 0.180 e. The number of hydrogen-bond acceptors (Lipinski definition) is 4. The van der Waals surface area contributed by atoms with Gasteiger partial charge in [0, 0.05) is 21.5 Å². The lowest BCUT2D eigenvalue weighted by Gasteiger charge is -2.11. The van der Waals surface area contributed by atoms with Crippen LogP contribution in [0.2, 0.25) is 5.02 Å². The highest BCUT2D eigenvalue weighted by atomic mass is 35.5. The Morgan fingerprint density at radius 1 is 1.10 bits per heavy atom. The van der Waals surface area contributed by atoms with Gasteiger partial charge in [-0.3, -0.25) is 0 Å². The van der Waals surface area contributed by atoms with E-state index in [4.69, 9.17) is 22.1 Å². The lowest BCUT2D eigenvalue weighted by molar-refractivity contribution is 0.307. The van der Waals surface area contributed by atoms with Gasteiger partial charge in [0.05, 0.1) is 5.69 Å². The van der Waals surface area contributed by atoms with Crippen molar-refractivity contribution in [3.8, 4) is 17.0 Å². The van der Waals surface area contributed by atoms with E-state index < -0.39 is 0 Å². The summed E-state index contributed by atoms with van der Waals surface area (Å²) in [5.41, 5.74) is 8.41. The Kier molecular flexibility index (Phi) is 4.08. The third-order valence-corrected chi connectivity index (χ3v) is 4.07. The van der Waals surface area contributed by atoms with Crippen LogP contribution in [-0.4, -0.2) is 4.98 Å². The first-order valence-electron chi connectivity index (χ1n) is 6.40. The highest BCUT2D eigenvalue weighted by molar-refractivity contribution is 7.13. The maximum Gasteiger partial charge on any atom is 0.180 e. The third kappa shape index (κ3) is 3.17. The Morgan fingerprint density at radius 2 is 1.86 bits per heavy atom. The quantitative estimate of drug-likeness (QED) is 0.763. The van der Waals surface area contributed by atoms with Crippen LogP contribution in [0, 0.1) is 0 Å². The van der Waals surface area contributed by atoms with E-state index in [2.05, 4.69) is 4.98 Å². The van der Waals surface area contributed by atoms with Crippen molar-refractivity contribution in [2.75, 3.05) is 5.73 Å². The topological polar surface area (TPSA) is 48.1 Å². The maximum absolute atomic E-state index is 6.14. The highest BCUT2D eigenvalue weighted by Gasteiger charge is 2.09. The molecule has 0 saturated heterocycles. The molecule has 0 fully saturated rings. The molecule has 2 aromatic carbocycles. The minimum Gasteiger partial charge on any atom is -0.488 e. The summed E-state index contributed by atoms with van der Waals surface area (Å²) >= 11 is 7.56. The molecular formula is C16H13ClN2OS. The molecule has 0 bridgehead atoms. The van der Waals surface area contributed by atoms with E-state index in [1.165, 1.54) is 11.3 Å². The van der Waals surface area contributed by atoms with Crippen LogP contribution in [0.1, 0.15) is 5.56 Å². The average Bonchev–Trinajstić information content (AvgIpc) is 2.93. The summed E-state index contributed by atoms with van der Waals surface area (Å²) in [7, 11) is 0. The number of hydrogen-bond donors (Lipinski definition) is 1. The van der Waals surface area contributed by atoms with Crippen LogP contribution in [0.5, 0.6) is 5.75 Å². The molecule has 0 aliphatic heterocycles. The number of ether oxygens (including phenoxy) is 1. The van der Waals surface area contributed by atoms with Crippen LogP contribution in [0.3, 0.4) is 0 Å². The van der Waals surface area contributed by atoms with E-state index in [1.807, 2.05) is 53.9 Å². The number of nitrogen functional groups attached to an aromatic ring is 1. The molecule has 5 heteroatoms. The Morgan fingerprint density at radius 3 is 2.62 bits per heavy atom. The van der Waals surface area contributed by atoms with Crippen molar-refractivity contribution >= 4 is 28.1 Å². The number of rotatable bonds is 4. The van der Waals surface area contributed by atoms with Gasteiger partial charge in [-0.15, -0.1) is 11.3 Å². The zero-order chi connectivity index (χ0) is 14.7. The van der Waals surface area contributed by atoms with Crippen molar-refractivity contribution in [2.24, 2.45) is 0 Å². The summed E-state index contributed by atoms with van der Waals surface area (Å²) in [6.45, 7) is 0.413. The normalized spacial score (nSPS) is 10.5. The Hall–Kier alpha value is -2.04. The van der Waals surface area contributed by atoms with Crippen molar-refractivity contribution in [1.29, 1.82) is 0 Å². The van der Waals surface area contributed by atoms with Gasteiger partial charge in [-0.05, 0) is 18.2 Å². The van der Waals surface area contributed by atoms with E-state index in [0.717, 1.165) is 22.6 Å². The Balaban J connectivity index is 1.85. The molecule has 3 aromatic rings. The number of halogens is 1. The molecule has 1 heterocycles. The number of thiazole rings is 1. The van der Waals surface area contributed by atoms with Gasteiger partial charge in [0.25, 0.3) is 0 Å². The van der Waals surface area contributed by atoms with Gasteiger partial charge in [0.2, 0.25) is 0 Å². The molecule has 2 N–H and O–H groups in total. The molecule has 0 radical (unpaired) electrons. The minimum absolute atomic E-state index is 0.413. The fraction of sp³-hybridized carbons (Fsp3) is 0.0625. The van der Waals surface area contributed by atoms with Gasteiger partial charge >= 0.3 is 0 Å². The van der Waals surface area contributed by atoms with Crippen molar-refractivity contribution in [1.82, 2.24) is 4.98 Å². The van der Waals surface area contributed by atoms with Crippen molar-refractivity contribution in [3.63, 3.8) is 0 Å². The predicted octanol–water partition coefficient (Wildman–Crippen LogP) is 4.62. The highest BCUT2D eigenvalue weighted by Crippen LogP contribution is 2.32. The molecule has 0 saturated carbocycles. The minimum atomic E-state index is 0.413. The van der Waals surface area contributed by atoms with Gasteiger partial charge < -0.3 is 10.5 Å². The molecule has 0 unspecified atom stereocenters. The second-order valence-electron chi connectivity index (χ2n) is 4.45. The summed E-state index contributed by atoms with van der Waals surface area (Å²) < 4.78 is 5.91. The molecule has 1 aromatic heterocycles. The number of anilines is 1. The van der Waals surface area contributed by atoms with E-state index in [1.54, 1.807) is 0 Å². The van der Waals surface area contributed by atoms with Crippen molar-refractivity contribution < 1.29 is 4.74 Å². The largest absolute Gasteiger partial charge is 0.488 e. The average molecular weight is 317 g/mol. The molecule has 0 amide bonds. The van der Waals surface area contributed by atoms with Crippen LogP contribution in [0.4, 0.5) is 5.13 Å². The van der Waals surface area contributed by atoms with Gasteiger partial charge in [-0.1, -0.05) is 41.9 Å². The molecule has 0 atom stereocenters. The predicted molar refractivity (Wildman–Crippen MR) is 87.7 cm³/mol. The monoisotopic (exact) mass is 316 g/mol. The summed E-state index contributed by atoms with van der Waals surface area (Å²) in [5, 5.41) is 3.17. The molecular weight excluding hydrogens is 304 g/mol. The molecule has 3 nitrogen and oxygen atoms in total. The van der Waals surface area contributed by atoms with Gasteiger partial charge in [0.15, 0.2) is 5.13 Å². The molecule has 21 heavy (non-hydrogen) atoms. The Labute approximate surface area is 132 Å². The maximum atomic E-state index is 6.14. The van der Waals surface area contributed by atoms with Crippen molar-refractivity contribution in [3.05, 3.63) is 64.5 Å². The van der Waals surface area contributed by atoms with Crippen LogP contribution >= 0.6 is 22.9 Å². The number of para-hydroxylation sites is 1. The Bertz CT molecular complexity index is 757. The first-order chi connectivity index (χ1) is 10.2. The molecule has 0 aliphatic rings. The molecule has 3 rings (SSSR count). The first kappa shape index (κ1) is 13.9. The summed E-state index contributed by atoms with van der Waals surface area (Å²) in [6.07, 6.45) is 0. The summed E-state index contributed by atoms with van der Waals surface area (Å²) in [6, 6.07) is 15.4. The van der Waals surface area contributed by atoms with Crippen LogP contribution in [0.15, 0.2) is 53.9 Å². The van der Waals surface area contributed by atoms with E-state index >= 15 is 0 Å². The van der Waals surface area contributed by atoms with Gasteiger partial charge in [0.1, 0.15) is 12.4 Å². The van der Waals surface area contributed by atoms with Gasteiger partial charge in [-0.2, -0.15) is 0 Å². The number of benzene rings is 2. The summed E-state index contributed by atoms with van der Waals surface area (Å²) in [5.74, 6) is 0.766. The fourth-order valence-corrected chi connectivity index (χ4v) is 2.74. The zero-order valence-electron chi connectivity index (χ0n) is 11.1. The second kappa shape index (κ2) is 6.16. The second-order valence-corrected chi connectivity index (χ2v) is 5.74. The number of aromatic nitrogens is 1. The van der Waals surface area contributed by atoms with Crippen molar-refractivity contribution in [2.45, 2.75) is 6.61 Å². The lowest BCUT2D eigenvalue weighted by atomic mass is 10.1. The third-order valence-electron chi connectivity index (χ3n) is 3.03. The molecule has 0 spiro atoms. The number of nitrogens with zero attached hydrogens (tertiary/aromatic N) is 1.